The quantitative estimate of drug-likeness (QED) is 0.735. The Hall–Kier alpha value is -2.44. The average molecular weight is 411 g/mol. The molecule has 2 aliphatic heterocycles. The number of hydrogen-bond acceptors (Lipinski definition) is 4. The van der Waals surface area contributed by atoms with Gasteiger partial charge in [-0.15, -0.1) is 0 Å². The first-order valence-electron chi connectivity index (χ1n) is 10.9. The summed E-state index contributed by atoms with van der Waals surface area (Å²) < 4.78 is 13.3. The molecule has 5 nitrogen and oxygen atoms in total. The maximum Gasteiger partial charge on any atom is 0.222 e. The molecule has 2 aliphatic rings. The highest BCUT2D eigenvalue weighted by Crippen LogP contribution is 2.32. The second-order valence-electron chi connectivity index (χ2n) is 8.37. The van der Waals surface area contributed by atoms with Crippen molar-refractivity contribution < 1.29 is 9.18 Å². The average Bonchev–Trinajstić information content (AvgIpc) is 3.44. The summed E-state index contributed by atoms with van der Waals surface area (Å²) in [5.41, 5.74) is 8.94. The number of benzene rings is 2. The monoisotopic (exact) mass is 410 g/mol. The van der Waals surface area contributed by atoms with Crippen molar-refractivity contribution in [1.29, 1.82) is 0 Å². The Morgan fingerprint density at radius 2 is 1.93 bits per heavy atom. The third kappa shape index (κ3) is 4.65. The van der Waals surface area contributed by atoms with Crippen LogP contribution in [0.25, 0.3) is 0 Å². The number of hydrazine groups is 1. The first kappa shape index (κ1) is 20.8. The lowest BCUT2D eigenvalue weighted by Gasteiger charge is -2.32. The van der Waals surface area contributed by atoms with Crippen molar-refractivity contribution in [3.8, 4) is 0 Å². The number of para-hydroxylation sites is 1. The van der Waals surface area contributed by atoms with Gasteiger partial charge in [-0.05, 0) is 49.1 Å². The van der Waals surface area contributed by atoms with E-state index in [1.165, 1.54) is 17.8 Å². The number of amides is 1. The Balaban J connectivity index is 1.34. The van der Waals surface area contributed by atoms with Gasteiger partial charge in [-0.2, -0.15) is 0 Å². The van der Waals surface area contributed by atoms with Gasteiger partial charge in [-0.25, -0.2) is 4.39 Å². The molecule has 2 aromatic carbocycles. The van der Waals surface area contributed by atoms with Crippen molar-refractivity contribution >= 4 is 11.6 Å². The maximum absolute atomic E-state index is 13.3. The molecule has 2 N–H and O–H groups in total. The van der Waals surface area contributed by atoms with Crippen LogP contribution in [0.1, 0.15) is 37.2 Å². The Kier molecular flexibility index (Phi) is 6.65. The summed E-state index contributed by atoms with van der Waals surface area (Å²) in [5, 5.41) is 0. The van der Waals surface area contributed by atoms with Gasteiger partial charge in [-0.3, -0.25) is 15.6 Å². The maximum atomic E-state index is 13.3. The molecule has 160 valence electrons. The summed E-state index contributed by atoms with van der Waals surface area (Å²) in [5.74, 6) is 0.256. The molecular formula is C24H31FN4O. The fraction of sp³-hybridized carbons (Fsp3) is 0.458. The van der Waals surface area contributed by atoms with E-state index in [2.05, 4.69) is 39.8 Å². The Labute approximate surface area is 178 Å². The highest BCUT2D eigenvalue weighted by atomic mass is 19.1. The largest absolute Gasteiger partial charge is 0.375 e. The smallest absolute Gasteiger partial charge is 0.222 e. The molecular weight excluding hydrogens is 379 g/mol. The Morgan fingerprint density at radius 1 is 1.17 bits per heavy atom. The zero-order chi connectivity index (χ0) is 20.9. The van der Waals surface area contributed by atoms with Gasteiger partial charge in [0.15, 0.2) is 0 Å². The van der Waals surface area contributed by atoms with Crippen LogP contribution in [0, 0.1) is 5.82 Å². The highest BCUT2D eigenvalue weighted by Gasteiger charge is 2.41. The minimum Gasteiger partial charge on any atom is -0.375 e. The van der Waals surface area contributed by atoms with Crippen molar-refractivity contribution in [3.05, 3.63) is 66.0 Å². The third-order valence-electron chi connectivity index (χ3n) is 6.44. The van der Waals surface area contributed by atoms with E-state index in [9.17, 15) is 9.18 Å². The highest BCUT2D eigenvalue weighted by molar-refractivity contribution is 5.77. The van der Waals surface area contributed by atoms with Crippen molar-refractivity contribution in [2.24, 2.45) is 0 Å². The van der Waals surface area contributed by atoms with Gasteiger partial charge in [0.05, 0.1) is 0 Å². The molecule has 0 bridgehead atoms. The van der Waals surface area contributed by atoms with Crippen molar-refractivity contribution in [2.45, 2.75) is 43.7 Å². The van der Waals surface area contributed by atoms with Crippen molar-refractivity contribution in [2.75, 3.05) is 31.6 Å². The molecule has 1 amide bonds. The molecule has 6 heteroatoms. The predicted octanol–water partition coefficient (Wildman–Crippen LogP) is 3.29. The number of rotatable bonds is 7. The number of likely N-dealkylation sites (tertiary alicyclic amines) is 1. The number of carbonyl (C=O) groups is 1. The standard InChI is InChI=1S/C24H31FN4O/c1-28(20-7-3-2-4-8-20)15-6-10-23(30)29-16-5-9-22(29)24-21(17-26-27-24)18-11-13-19(25)14-12-18/h2-4,7-8,11-14,21-22,24,26-27H,5-6,9-10,15-17H2,1H3. The topological polar surface area (TPSA) is 47.6 Å². The van der Waals surface area contributed by atoms with Gasteiger partial charge in [0, 0.05) is 56.8 Å². The lowest BCUT2D eigenvalue weighted by molar-refractivity contribution is -0.132. The Bertz CT molecular complexity index is 829. The van der Waals surface area contributed by atoms with Crippen LogP contribution in [0.5, 0.6) is 0 Å². The van der Waals surface area contributed by atoms with Crippen LogP contribution < -0.4 is 15.8 Å². The second kappa shape index (κ2) is 9.58. The molecule has 2 saturated heterocycles. The number of halogens is 1. The normalized spacial score (nSPS) is 23.7. The zero-order valence-corrected chi connectivity index (χ0v) is 17.6. The summed E-state index contributed by atoms with van der Waals surface area (Å²) in [6, 6.07) is 17.3. The van der Waals surface area contributed by atoms with Crippen LogP contribution in [0.2, 0.25) is 0 Å². The molecule has 0 saturated carbocycles. The molecule has 30 heavy (non-hydrogen) atoms. The summed E-state index contributed by atoms with van der Waals surface area (Å²) in [7, 11) is 2.07. The van der Waals surface area contributed by atoms with Gasteiger partial charge in [-0.1, -0.05) is 30.3 Å². The molecule has 0 spiro atoms. The SMILES string of the molecule is CN(CCCC(=O)N1CCCC1C1NNCC1c1ccc(F)cc1)c1ccccc1. The number of anilines is 1. The first-order chi connectivity index (χ1) is 14.6. The number of carbonyl (C=O) groups excluding carboxylic acids is 1. The summed E-state index contributed by atoms with van der Waals surface area (Å²) >= 11 is 0. The molecule has 0 aliphatic carbocycles. The second-order valence-corrected chi connectivity index (χ2v) is 8.37. The van der Waals surface area contributed by atoms with Gasteiger partial charge in [0.1, 0.15) is 5.82 Å². The van der Waals surface area contributed by atoms with Crippen molar-refractivity contribution in [1.82, 2.24) is 15.8 Å². The van der Waals surface area contributed by atoms with E-state index in [0.29, 0.717) is 6.42 Å². The van der Waals surface area contributed by atoms with Crippen LogP contribution in [-0.2, 0) is 4.79 Å². The molecule has 2 fully saturated rings. The summed E-state index contributed by atoms with van der Waals surface area (Å²) in [6.45, 7) is 2.47. The number of nitrogens with zero attached hydrogens (tertiary/aromatic N) is 2. The fourth-order valence-corrected chi connectivity index (χ4v) is 4.81. The minimum absolute atomic E-state index is 0.147. The zero-order valence-electron chi connectivity index (χ0n) is 17.6. The predicted molar refractivity (Wildman–Crippen MR) is 118 cm³/mol. The van der Waals surface area contributed by atoms with Crippen molar-refractivity contribution in [3.63, 3.8) is 0 Å². The fourth-order valence-electron chi connectivity index (χ4n) is 4.81. The van der Waals surface area contributed by atoms with Gasteiger partial charge >= 0.3 is 0 Å². The number of hydrogen-bond donors (Lipinski definition) is 2. The molecule has 3 atom stereocenters. The van der Waals surface area contributed by atoms with Gasteiger partial charge in [0.2, 0.25) is 5.91 Å². The molecule has 2 heterocycles. The van der Waals surface area contributed by atoms with Crippen LogP contribution in [0.15, 0.2) is 54.6 Å². The molecule has 4 rings (SSSR count). The van der Waals surface area contributed by atoms with Gasteiger partial charge < -0.3 is 9.80 Å². The lowest BCUT2D eigenvalue weighted by Crippen LogP contribution is -2.49. The number of nitrogens with one attached hydrogen (secondary N) is 2. The van der Waals surface area contributed by atoms with Crippen LogP contribution >= 0.6 is 0 Å². The van der Waals surface area contributed by atoms with E-state index in [1.54, 1.807) is 0 Å². The molecule has 0 radical (unpaired) electrons. The van der Waals surface area contributed by atoms with E-state index in [4.69, 9.17) is 0 Å². The Morgan fingerprint density at radius 3 is 2.70 bits per heavy atom. The summed E-state index contributed by atoms with van der Waals surface area (Å²) in [4.78, 5) is 17.3. The van der Waals surface area contributed by atoms with Crippen LogP contribution in [-0.4, -0.2) is 49.6 Å². The van der Waals surface area contributed by atoms with Gasteiger partial charge in [0.25, 0.3) is 0 Å². The van der Waals surface area contributed by atoms with Crippen LogP contribution in [0.3, 0.4) is 0 Å². The summed E-state index contributed by atoms with van der Waals surface area (Å²) in [6.07, 6.45) is 3.45. The minimum atomic E-state index is -0.215. The first-order valence-corrected chi connectivity index (χ1v) is 10.9. The van der Waals surface area contributed by atoms with Crippen LogP contribution in [0.4, 0.5) is 10.1 Å². The van der Waals surface area contributed by atoms with E-state index >= 15 is 0 Å². The molecule has 3 unspecified atom stereocenters. The third-order valence-corrected chi connectivity index (χ3v) is 6.44. The van der Waals surface area contributed by atoms with E-state index < -0.39 is 0 Å². The van der Waals surface area contributed by atoms with E-state index in [1.807, 2.05) is 30.3 Å². The van der Waals surface area contributed by atoms with E-state index in [-0.39, 0.29) is 29.7 Å². The molecule has 0 aromatic heterocycles. The molecule has 2 aromatic rings. The van der Waals surface area contributed by atoms with E-state index in [0.717, 1.165) is 44.5 Å². The lowest BCUT2D eigenvalue weighted by atomic mass is 9.87.